The molecule has 3 heterocycles. The number of ketones is 2. The van der Waals surface area contributed by atoms with Gasteiger partial charge in [0.25, 0.3) is 0 Å². The summed E-state index contributed by atoms with van der Waals surface area (Å²) in [6, 6.07) is 2.16. The molecule has 2 saturated carbocycles. The number of carbonyl (C=O) groups excluding carboxylic acids is 2. The van der Waals surface area contributed by atoms with Crippen molar-refractivity contribution in [1.82, 2.24) is 15.1 Å². The molecule has 0 amide bonds. The third-order valence-electron chi connectivity index (χ3n) is 11.6. The Morgan fingerprint density at radius 2 is 1.87 bits per heavy atom. The standard InChI is InChI=1S/C29H31F3N4O3/c1-25(2)18-6-8-28-19(27(18,4)11-15(12-33)22(25)38)10-17(37)20-16-9-14(23-34-35-24(39-23)29(30,31)32)5-7-26(16,3)13-36(28)21(20)28/h10-11,14,16,18,20-21H,5-9,13H2,1-4H3. The maximum Gasteiger partial charge on any atom is 0.470 e. The van der Waals surface area contributed by atoms with Gasteiger partial charge in [0.15, 0.2) is 11.6 Å². The molecular formula is C29H31F3N4O3. The van der Waals surface area contributed by atoms with E-state index in [0.717, 1.165) is 31.4 Å². The van der Waals surface area contributed by atoms with E-state index in [1.165, 1.54) is 0 Å². The van der Waals surface area contributed by atoms with Crippen LogP contribution in [0.4, 0.5) is 13.2 Å². The highest BCUT2D eigenvalue weighted by Crippen LogP contribution is 2.73. The molecule has 0 N–H and O–H groups in total. The molecule has 0 aromatic carbocycles. The first-order valence-electron chi connectivity index (χ1n) is 13.8. The zero-order valence-electron chi connectivity index (χ0n) is 22.4. The van der Waals surface area contributed by atoms with Crippen molar-refractivity contribution in [2.24, 2.45) is 34.0 Å². The molecule has 0 bridgehead atoms. The first-order valence-corrected chi connectivity index (χ1v) is 13.8. The minimum Gasteiger partial charge on any atom is -0.417 e. The minimum absolute atomic E-state index is 0.00750. The second-order valence-electron chi connectivity index (χ2n) is 13.8. The van der Waals surface area contributed by atoms with Gasteiger partial charge in [-0.1, -0.05) is 33.8 Å². The summed E-state index contributed by atoms with van der Waals surface area (Å²) in [6.07, 6.45) is 2.55. The molecule has 6 aliphatic rings. The molecular weight excluding hydrogens is 509 g/mol. The number of hydrogen-bond donors (Lipinski definition) is 0. The molecule has 0 radical (unpaired) electrons. The van der Waals surface area contributed by atoms with E-state index in [9.17, 15) is 28.0 Å². The van der Waals surface area contributed by atoms with Crippen molar-refractivity contribution in [3.8, 4) is 6.07 Å². The van der Waals surface area contributed by atoms with E-state index in [0.29, 0.717) is 12.8 Å². The van der Waals surface area contributed by atoms with Crippen LogP contribution in [0.1, 0.15) is 77.5 Å². The number of rotatable bonds is 1. The summed E-state index contributed by atoms with van der Waals surface area (Å²) < 4.78 is 44.4. The van der Waals surface area contributed by atoms with Crippen LogP contribution >= 0.6 is 0 Å². The van der Waals surface area contributed by atoms with Crippen LogP contribution in [0.2, 0.25) is 0 Å². The highest BCUT2D eigenvalue weighted by Gasteiger charge is 2.79. The summed E-state index contributed by atoms with van der Waals surface area (Å²) in [5, 5.41) is 16.8. The average molecular weight is 541 g/mol. The van der Waals surface area contributed by atoms with Crippen LogP contribution in [0.25, 0.3) is 0 Å². The third-order valence-corrected chi connectivity index (χ3v) is 11.6. The van der Waals surface area contributed by atoms with Gasteiger partial charge in [0.05, 0.1) is 11.1 Å². The summed E-state index contributed by atoms with van der Waals surface area (Å²) >= 11 is 0. The number of piperidine rings is 1. The van der Waals surface area contributed by atoms with Crippen LogP contribution in [0.5, 0.6) is 0 Å². The van der Waals surface area contributed by atoms with Gasteiger partial charge in [0, 0.05) is 35.3 Å². The lowest BCUT2D eigenvalue weighted by atomic mass is 9.47. The molecule has 4 fully saturated rings. The van der Waals surface area contributed by atoms with Crippen LogP contribution < -0.4 is 0 Å². The third kappa shape index (κ3) is 2.97. The Bertz CT molecular complexity index is 1440. The molecule has 1 aromatic heterocycles. The number of nitrogens with zero attached hydrogens (tertiary/aromatic N) is 4. The fourth-order valence-electron chi connectivity index (χ4n) is 9.84. The SMILES string of the molecule is CC12CCC(c3nnc(C(F)(F)F)o3)CC1C1C(=O)C=C3C4(C)C=C(C#N)C(=O)C(C)(C)C4CCC34C1N4C2. The summed E-state index contributed by atoms with van der Waals surface area (Å²) in [4.78, 5) is 29.6. The van der Waals surface area contributed by atoms with Crippen molar-refractivity contribution in [3.05, 3.63) is 35.1 Å². The second-order valence-corrected chi connectivity index (χ2v) is 13.8. The fraction of sp³-hybridized carbons (Fsp3) is 0.690. The van der Waals surface area contributed by atoms with Crippen molar-refractivity contribution >= 4 is 11.6 Å². The van der Waals surface area contributed by atoms with Crippen molar-refractivity contribution < 1.29 is 27.2 Å². The molecule has 1 spiro atoms. The van der Waals surface area contributed by atoms with Crippen molar-refractivity contribution in [2.75, 3.05) is 6.54 Å². The molecule has 1 aromatic rings. The van der Waals surface area contributed by atoms with Gasteiger partial charge in [-0.25, -0.2) is 0 Å². The molecule has 2 aliphatic heterocycles. The lowest BCUT2D eigenvalue weighted by Gasteiger charge is -2.55. The number of allylic oxidation sites excluding steroid dienone is 3. The van der Waals surface area contributed by atoms with Gasteiger partial charge in [0.2, 0.25) is 5.89 Å². The fourth-order valence-corrected chi connectivity index (χ4v) is 9.84. The highest BCUT2D eigenvalue weighted by atomic mass is 19.4. The molecule has 7 nitrogen and oxygen atoms in total. The van der Waals surface area contributed by atoms with Crippen LogP contribution in [0, 0.1) is 45.3 Å². The first kappa shape index (κ1) is 25.2. The van der Waals surface area contributed by atoms with E-state index in [4.69, 9.17) is 4.42 Å². The van der Waals surface area contributed by atoms with E-state index in [1.807, 2.05) is 26.0 Å². The van der Waals surface area contributed by atoms with Crippen molar-refractivity contribution in [2.45, 2.75) is 83.5 Å². The van der Waals surface area contributed by atoms with Gasteiger partial charge in [-0.15, -0.1) is 10.2 Å². The topological polar surface area (TPSA) is 99.9 Å². The first-order chi connectivity index (χ1) is 18.2. The Balaban J connectivity index is 1.27. The number of aromatic nitrogens is 2. The molecule has 4 aliphatic carbocycles. The number of fused-ring (bicyclic) bond motifs is 4. The molecule has 2 saturated heterocycles. The largest absolute Gasteiger partial charge is 0.470 e. The number of carbonyl (C=O) groups is 2. The molecule has 7 rings (SSSR count). The van der Waals surface area contributed by atoms with Gasteiger partial charge < -0.3 is 4.42 Å². The molecule has 10 heteroatoms. The van der Waals surface area contributed by atoms with E-state index in [-0.39, 0.29) is 63.7 Å². The second kappa shape index (κ2) is 7.28. The Kier molecular flexibility index (Phi) is 4.70. The lowest BCUT2D eigenvalue weighted by molar-refractivity contribution is -0.157. The molecule has 9 unspecified atom stereocenters. The molecule has 39 heavy (non-hydrogen) atoms. The normalized spacial score (nSPS) is 45.6. The quantitative estimate of drug-likeness (QED) is 0.462. The van der Waals surface area contributed by atoms with Crippen LogP contribution in [0.3, 0.4) is 0 Å². The van der Waals surface area contributed by atoms with E-state index < -0.39 is 22.9 Å². The Morgan fingerprint density at radius 3 is 2.54 bits per heavy atom. The van der Waals surface area contributed by atoms with Gasteiger partial charge in [-0.2, -0.15) is 18.4 Å². The maximum absolute atomic E-state index is 14.0. The zero-order valence-corrected chi connectivity index (χ0v) is 22.4. The Hall–Kier alpha value is -2.80. The van der Waals surface area contributed by atoms with Crippen molar-refractivity contribution in [3.63, 3.8) is 0 Å². The van der Waals surface area contributed by atoms with E-state index >= 15 is 0 Å². The number of Topliss-reactive ketones (excluding diaryl/α,β-unsaturated/α-hetero) is 1. The Morgan fingerprint density at radius 1 is 1.13 bits per heavy atom. The van der Waals surface area contributed by atoms with Gasteiger partial charge in [-0.05, 0) is 61.0 Å². The minimum atomic E-state index is -4.69. The summed E-state index contributed by atoms with van der Waals surface area (Å²) in [5.74, 6) is -1.99. The van der Waals surface area contributed by atoms with E-state index in [1.54, 1.807) is 0 Å². The Labute approximate surface area is 224 Å². The van der Waals surface area contributed by atoms with E-state index in [2.05, 4.69) is 35.0 Å². The highest BCUT2D eigenvalue weighted by molar-refractivity contribution is 6.05. The molecule has 206 valence electrons. The maximum atomic E-state index is 14.0. The predicted octanol–water partition coefficient (Wildman–Crippen LogP) is 5.02. The summed E-state index contributed by atoms with van der Waals surface area (Å²) in [7, 11) is 0. The number of hydrogen-bond acceptors (Lipinski definition) is 7. The monoisotopic (exact) mass is 540 g/mol. The predicted molar refractivity (Wildman–Crippen MR) is 131 cm³/mol. The van der Waals surface area contributed by atoms with Gasteiger partial charge >= 0.3 is 12.1 Å². The van der Waals surface area contributed by atoms with Gasteiger partial charge in [-0.3, -0.25) is 14.5 Å². The van der Waals surface area contributed by atoms with Crippen LogP contribution in [0.15, 0.2) is 27.7 Å². The summed E-state index contributed by atoms with van der Waals surface area (Å²) in [5.41, 5.74) is -0.520. The lowest BCUT2D eigenvalue weighted by Crippen LogP contribution is -2.55. The molecule has 9 atom stereocenters. The summed E-state index contributed by atoms with van der Waals surface area (Å²) in [6.45, 7) is 8.96. The van der Waals surface area contributed by atoms with Crippen LogP contribution in [-0.4, -0.2) is 44.8 Å². The zero-order chi connectivity index (χ0) is 27.9. The van der Waals surface area contributed by atoms with Crippen LogP contribution in [-0.2, 0) is 15.8 Å². The number of halogens is 3. The smallest absolute Gasteiger partial charge is 0.417 e. The number of alkyl halides is 3. The number of nitriles is 1. The average Bonchev–Trinajstić information content (AvgIpc) is 3.22. The van der Waals surface area contributed by atoms with Crippen molar-refractivity contribution in [1.29, 1.82) is 5.26 Å². The van der Waals surface area contributed by atoms with Gasteiger partial charge in [0.1, 0.15) is 6.07 Å².